The summed E-state index contributed by atoms with van der Waals surface area (Å²) < 4.78 is 5.90. The molecule has 0 saturated carbocycles. The Kier molecular flexibility index (Phi) is 6.12. The first-order chi connectivity index (χ1) is 14.3. The number of likely N-dealkylation sites (tertiary alicyclic amines) is 1. The van der Waals surface area contributed by atoms with Crippen LogP contribution in [0.15, 0.2) is 73.3 Å². The number of piperidine rings is 1. The van der Waals surface area contributed by atoms with Crippen molar-refractivity contribution in [3.8, 4) is 11.5 Å². The Morgan fingerprint density at radius 3 is 2.69 bits per heavy atom. The summed E-state index contributed by atoms with van der Waals surface area (Å²) in [7, 11) is 0. The van der Waals surface area contributed by atoms with Crippen LogP contribution in [0.25, 0.3) is 0 Å². The Bertz CT molecular complexity index is 934. The van der Waals surface area contributed by atoms with Crippen LogP contribution in [0.3, 0.4) is 0 Å². The first-order valence-corrected chi connectivity index (χ1v) is 9.87. The SMILES string of the molecule is O=C(Nc1ccccc1Oc1cccnc1)C1CCCN(Cc2cccnc2)C1. The van der Waals surface area contributed by atoms with Gasteiger partial charge in [0.25, 0.3) is 0 Å². The van der Waals surface area contributed by atoms with E-state index in [2.05, 4.69) is 26.3 Å². The minimum Gasteiger partial charge on any atom is -0.454 e. The summed E-state index contributed by atoms with van der Waals surface area (Å²) in [5, 5.41) is 3.06. The zero-order valence-electron chi connectivity index (χ0n) is 16.2. The van der Waals surface area contributed by atoms with Gasteiger partial charge in [-0.15, -0.1) is 0 Å². The van der Waals surface area contributed by atoms with Gasteiger partial charge in [-0.1, -0.05) is 18.2 Å². The molecule has 1 aliphatic heterocycles. The zero-order valence-corrected chi connectivity index (χ0v) is 16.2. The van der Waals surface area contributed by atoms with Crippen molar-refractivity contribution in [2.45, 2.75) is 19.4 Å². The molecule has 3 aromatic rings. The normalized spacial score (nSPS) is 16.9. The maximum Gasteiger partial charge on any atom is 0.228 e. The quantitative estimate of drug-likeness (QED) is 0.688. The minimum atomic E-state index is -0.0492. The lowest BCUT2D eigenvalue weighted by Gasteiger charge is -2.32. The van der Waals surface area contributed by atoms with E-state index in [4.69, 9.17) is 4.74 Å². The van der Waals surface area contributed by atoms with Gasteiger partial charge < -0.3 is 10.1 Å². The average Bonchev–Trinajstić information content (AvgIpc) is 2.77. The maximum atomic E-state index is 13.0. The number of anilines is 1. The molecule has 0 spiro atoms. The molecule has 1 unspecified atom stereocenters. The molecule has 2 aromatic heterocycles. The van der Waals surface area contributed by atoms with Crippen molar-refractivity contribution in [3.63, 3.8) is 0 Å². The Morgan fingerprint density at radius 1 is 1.07 bits per heavy atom. The van der Waals surface area contributed by atoms with Crippen LogP contribution in [-0.4, -0.2) is 33.9 Å². The Labute approximate surface area is 170 Å². The predicted octanol–water partition coefficient (Wildman–Crippen LogP) is 4.12. The second-order valence-corrected chi connectivity index (χ2v) is 7.21. The molecule has 0 aliphatic carbocycles. The van der Waals surface area contributed by atoms with Crippen molar-refractivity contribution in [3.05, 3.63) is 78.9 Å². The van der Waals surface area contributed by atoms with Crippen LogP contribution < -0.4 is 10.1 Å². The lowest BCUT2D eigenvalue weighted by molar-refractivity contribution is -0.121. The van der Waals surface area contributed by atoms with Gasteiger partial charge in [-0.3, -0.25) is 19.7 Å². The average molecular weight is 388 g/mol. The standard InChI is InChI=1S/C23H24N4O2/c28-23(19-7-5-13-27(17-19)16-18-6-3-11-24-14-18)26-21-9-1-2-10-22(21)29-20-8-4-12-25-15-20/h1-4,6,8-12,14-15,19H,5,7,13,16-17H2,(H,26,28). The number of pyridine rings is 2. The molecule has 6 heteroatoms. The summed E-state index contributed by atoms with van der Waals surface area (Å²) in [5.74, 6) is 1.22. The molecule has 1 atom stereocenters. The van der Waals surface area contributed by atoms with Crippen molar-refractivity contribution >= 4 is 11.6 Å². The van der Waals surface area contributed by atoms with Crippen molar-refractivity contribution in [1.29, 1.82) is 0 Å². The molecule has 1 fully saturated rings. The van der Waals surface area contributed by atoms with Gasteiger partial charge in [0, 0.05) is 31.7 Å². The van der Waals surface area contributed by atoms with Gasteiger partial charge >= 0.3 is 0 Å². The molecule has 6 nitrogen and oxygen atoms in total. The molecule has 1 aromatic carbocycles. The van der Waals surface area contributed by atoms with E-state index in [1.165, 1.54) is 5.56 Å². The van der Waals surface area contributed by atoms with E-state index in [-0.39, 0.29) is 11.8 Å². The van der Waals surface area contributed by atoms with E-state index in [0.29, 0.717) is 17.2 Å². The van der Waals surface area contributed by atoms with Gasteiger partial charge in [0.1, 0.15) is 5.75 Å². The molecular formula is C23H24N4O2. The van der Waals surface area contributed by atoms with E-state index >= 15 is 0 Å². The van der Waals surface area contributed by atoms with Crippen LogP contribution in [0, 0.1) is 5.92 Å². The van der Waals surface area contributed by atoms with E-state index in [1.54, 1.807) is 18.6 Å². The van der Waals surface area contributed by atoms with Crippen molar-refractivity contribution in [2.24, 2.45) is 5.92 Å². The van der Waals surface area contributed by atoms with E-state index < -0.39 is 0 Å². The van der Waals surface area contributed by atoms with Crippen LogP contribution in [-0.2, 0) is 11.3 Å². The van der Waals surface area contributed by atoms with E-state index in [0.717, 1.165) is 32.5 Å². The number of nitrogens with one attached hydrogen (secondary N) is 1. The molecule has 29 heavy (non-hydrogen) atoms. The van der Waals surface area contributed by atoms with Gasteiger partial charge in [0.05, 0.1) is 17.8 Å². The predicted molar refractivity (Wildman–Crippen MR) is 112 cm³/mol. The summed E-state index contributed by atoms with van der Waals surface area (Å²) >= 11 is 0. The Morgan fingerprint density at radius 2 is 1.90 bits per heavy atom. The maximum absolute atomic E-state index is 13.0. The number of hydrogen-bond acceptors (Lipinski definition) is 5. The highest BCUT2D eigenvalue weighted by atomic mass is 16.5. The minimum absolute atomic E-state index is 0.0307. The Balaban J connectivity index is 1.40. The molecule has 3 heterocycles. The van der Waals surface area contributed by atoms with E-state index in [1.807, 2.05) is 48.7 Å². The van der Waals surface area contributed by atoms with Crippen LogP contribution in [0.4, 0.5) is 5.69 Å². The Hall–Kier alpha value is -3.25. The number of carbonyl (C=O) groups excluding carboxylic acids is 1. The highest BCUT2D eigenvalue weighted by Gasteiger charge is 2.26. The number of nitrogens with zero attached hydrogens (tertiary/aromatic N) is 3. The number of benzene rings is 1. The van der Waals surface area contributed by atoms with Gasteiger partial charge in [-0.25, -0.2) is 0 Å². The molecular weight excluding hydrogens is 364 g/mol. The highest BCUT2D eigenvalue weighted by Crippen LogP contribution is 2.30. The third-order valence-electron chi connectivity index (χ3n) is 5.01. The van der Waals surface area contributed by atoms with Crippen molar-refractivity contribution in [2.75, 3.05) is 18.4 Å². The second-order valence-electron chi connectivity index (χ2n) is 7.21. The summed E-state index contributed by atoms with van der Waals surface area (Å²) in [6, 6.07) is 15.2. The monoisotopic (exact) mass is 388 g/mol. The first kappa shape index (κ1) is 19.1. The van der Waals surface area contributed by atoms with Crippen LogP contribution in [0.2, 0.25) is 0 Å². The zero-order chi connectivity index (χ0) is 19.9. The third kappa shape index (κ3) is 5.18. The molecule has 0 radical (unpaired) electrons. The number of hydrogen-bond donors (Lipinski definition) is 1. The molecule has 148 valence electrons. The first-order valence-electron chi connectivity index (χ1n) is 9.87. The number of ether oxygens (including phenoxy) is 1. The van der Waals surface area contributed by atoms with Gasteiger partial charge in [-0.2, -0.15) is 0 Å². The number of amides is 1. The summed E-state index contributed by atoms with van der Waals surface area (Å²) in [6.45, 7) is 2.56. The van der Waals surface area contributed by atoms with Gasteiger partial charge in [0.15, 0.2) is 5.75 Å². The number of rotatable bonds is 6. The fourth-order valence-electron chi connectivity index (χ4n) is 3.59. The molecule has 1 amide bonds. The molecule has 1 aliphatic rings. The molecule has 4 rings (SSSR count). The van der Waals surface area contributed by atoms with Crippen LogP contribution in [0.5, 0.6) is 11.5 Å². The number of aromatic nitrogens is 2. The largest absolute Gasteiger partial charge is 0.454 e. The van der Waals surface area contributed by atoms with Crippen LogP contribution >= 0.6 is 0 Å². The fraction of sp³-hybridized carbons (Fsp3) is 0.261. The molecule has 0 bridgehead atoms. The van der Waals surface area contributed by atoms with Crippen LogP contribution in [0.1, 0.15) is 18.4 Å². The summed E-state index contributed by atoms with van der Waals surface area (Å²) in [4.78, 5) is 23.5. The fourth-order valence-corrected chi connectivity index (χ4v) is 3.59. The molecule has 1 N–H and O–H groups in total. The van der Waals surface area contributed by atoms with Gasteiger partial charge in [-0.05, 0) is 55.3 Å². The van der Waals surface area contributed by atoms with Crippen molar-refractivity contribution in [1.82, 2.24) is 14.9 Å². The number of carbonyl (C=O) groups is 1. The summed E-state index contributed by atoms with van der Waals surface area (Å²) in [6.07, 6.45) is 8.90. The second kappa shape index (κ2) is 9.30. The van der Waals surface area contributed by atoms with Gasteiger partial charge in [0.2, 0.25) is 5.91 Å². The summed E-state index contributed by atoms with van der Waals surface area (Å²) in [5.41, 5.74) is 1.84. The molecule has 1 saturated heterocycles. The van der Waals surface area contributed by atoms with Crippen molar-refractivity contribution < 1.29 is 9.53 Å². The lowest BCUT2D eigenvalue weighted by atomic mass is 9.96. The third-order valence-corrected chi connectivity index (χ3v) is 5.01. The lowest BCUT2D eigenvalue weighted by Crippen LogP contribution is -2.40. The van der Waals surface area contributed by atoms with E-state index in [9.17, 15) is 4.79 Å². The topological polar surface area (TPSA) is 67.3 Å². The highest BCUT2D eigenvalue weighted by molar-refractivity contribution is 5.94. The smallest absolute Gasteiger partial charge is 0.228 e. The number of para-hydroxylation sites is 2.